The van der Waals surface area contributed by atoms with Crippen LogP contribution in [-0.4, -0.2) is 32.3 Å². The van der Waals surface area contributed by atoms with Crippen LogP contribution in [0.3, 0.4) is 0 Å². The van der Waals surface area contributed by atoms with E-state index < -0.39 is 0 Å². The number of carbonyl (C=O) groups is 1. The number of benzene rings is 2. The van der Waals surface area contributed by atoms with Gasteiger partial charge in [-0.15, -0.1) is 0 Å². The van der Waals surface area contributed by atoms with Gasteiger partial charge in [0.1, 0.15) is 6.26 Å². The molecule has 0 aliphatic heterocycles. The van der Waals surface area contributed by atoms with Crippen LogP contribution in [0.1, 0.15) is 59.4 Å². The van der Waals surface area contributed by atoms with Crippen LogP contribution in [0.4, 0.5) is 0 Å². The summed E-state index contributed by atoms with van der Waals surface area (Å²) in [5, 5.41) is 4.13. The van der Waals surface area contributed by atoms with Gasteiger partial charge in [-0.1, -0.05) is 69.3 Å². The van der Waals surface area contributed by atoms with Crippen molar-refractivity contribution in [3.8, 4) is 0 Å². The van der Waals surface area contributed by atoms with E-state index in [1.807, 2.05) is 18.2 Å². The molecule has 0 spiro atoms. The maximum absolute atomic E-state index is 12.7. The summed E-state index contributed by atoms with van der Waals surface area (Å²) >= 11 is 0. The summed E-state index contributed by atoms with van der Waals surface area (Å²) in [4.78, 5) is 26.9. The molecule has 0 fully saturated rings. The molecule has 1 amide bonds. The van der Waals surface area contributed by atoms with E-state index in [0.29, 0.717) is 19.0 Å². The van der Waals surface area contributed by atoms with E-state index in [1.165, 1.54) is 28.3 Å². The number of pyridine rings is 1. The minimum Gasteiger partial charge on any atom is -0.447 e. The molecular weight excluding hydrogens is 486 g/mol. The Morgan fingerprint density at radius 3 is 2.59 bits per heavy atom. The monoisotopic (exact) mass is 521 g/mol. The Morgan fingerprint density at radius 2 is 1.82 bits per heavy atom. The zero-order chi connectivity index (χ0) is 27.2. The molecule has 0 atom stereocenters. The fraction of sp³-hybridized carbons (Fsp3) is 0.281. The van der Waals surface area contributed by atoms with E-state index >= 15 is 0 Å². The van der Waals surface area contributed by atoms with Crippen LogP contribution in [0.5, 0.6) is 0 Å². The van der Waals surface area contributed by atoms with Crippen molar-refractivity contribution >= 4 is 16.8 Å². The smallest absolute Gasteiger partial charge is 0.273 e. The number of aromatic nitrogens is 3. The van der Waals surface area contributed by atoms with Crippen molar-refractivity contribution in [2.45, 2.75) is 52.2 Å². The van der Waals surface area contributed by atoms with E-state index in [4.69, 9.17) is 4.42 Å². The van der Waals surface area contributed by atoms with Gasteiger partial charge in [-0.2, -0.15) is 0 Å². The molecule has 2 aromatic carbocycles. The molecule has 7 nitrogen and oxygen atoms in total. The quantitative estimate of drug-likeness (QED) is 0.235. The van der Waals surface area contributed by atoms with E-state index in [1.54, 1.807) is 12.4 Å². The molecule has 3 heterocycles. The second-order valence-corrected chi connectivity index (χ2v) is 10.9. The standard InChI is InChI=1S/C32H35N5O2/c1-32(2,3)26-12-10-23(11-13-26)20-37(16-14-25-19-34-28-9-5-4-8-27(25)28)21-30-36-29(22-39-30)31(38)35-18-24-7-6-15-33-17-24/h4-13,15,17,19,22,34H,14,16,18,20-21H2,1-3H3,(H,35,38). The van der Waals surface area contributed by atoms with Crippen LogP contribution >= 0.6 is 0 Å². The highest BCUT2D eigenvalue weighted by molar-refractivity contribution is 5.91. The summed E-state index contributed by atoms with van der Waals surface area (Å²) in [5.41, 5.74) is 6.28. The number of rotatable bonds is 10. The number of nitrogens with one attached hydrogen (secondary N) is 2. The topological polar surface area (TPSA) is 87.0 Å². The molecular formula is C32H35N5O2. The first-order valence-corrected chi connectivity index (χ1v) is 13.3. The molecule has 0 radical (unpaired) electrons. The first-order chi connectivity index (χ1) is 18.8. The third-order valence-electron chi connectivity index (χ3n) is 6.92. The van der Waals surface area contributed by atoms with E-state index in [0.717, 1.165) is 30.6 Å². The van der Waals surface area contributed by atoms with E-state index in [-0.39, 0.29) is 17.0 Å². The van der Waals surface area contributed by atoms with Gasteiger partial charge in [0.25, 0.3) is 5.91 Å². The molecule has 0 aliphatic rings. The predicted octanol–water partition coefficient (Wildman–Crippen LogP) is 6.02. The number of H-pyrrole nitrogens is 1. The molecule has 7 heteroatoms. The van der Waals surface area contributed by atoms with Crippen molar-refractivity contribution < 1.29 is 9.21 Å². The highest BCUT2D eigenvalue weighted by Gasteiger charge is 2.17. The molecule has 5 rings (SSSR count). The molecule has 0 unspecified atom stereocenters. The number of fused-ring (bicyclic) bond motifs is 1. The lowest BCUT2D eigenvalue weighted by Gasteiger charge is -2.22. The number of nitrogens with zero attached hydrogens (tertiary/aromatic N) is 3. The average molecular weight is 522 g/mol. The Bertz CT molecular complexity index is 1510. The third kappa shape index (κ3) is 6.81. The van der Waals surface area contributed by atoms with Crippen molar-refractivity contribution in [3.63, 3.8) is 0 Å². The number of hydrogen-bond acceptors (Lipinski definition) is 5. The molecule has 5 aromatic rings. The van der Waals surface area contributed by atoms with Crippen molar-refractivity contribution in [3.05, 3.63) is 119 Å². The minimum atomic E-state index is -0.267. The molecule has 200 valence electrons. The molecule has 0 bridgehead atoms. The zero-order valence-electron chi connectivity index (χ0n) is 22.8. The average Bonchev–Trinajstić information content (AvgIpc) is 3.58. The van der Waals surface area contributed by atoms with Gasteiger partial charge in [-0.25, -0.2) is 4.98 Å². The van der Waals surface area contributed by atoms with Crippen LogP contribution < -0.4 is 5.32 Å². The van der Waals surface area contributed by atoms with Gasteiger partial charge in [0, 0.05) is 49.1 Å². The van der Waals surface area contributed by atoms with Gasteiger partial charge < -0.3 is 14.7 Å². The minimum absolute atomic E-state index is 0.111. The summed E-state index contributed by atoms with van der Waals surface area (Å²) in [6, 6.07) is 21.0. The molecule has 0 saturated heterocycles. The summed E-state index contributed by atoms with van der Waals surface area (Å²) in [5.74, 6) is 0.253. The van der Waals surface area contributed by atoms with Gasteiger partial charge in [0.15, 0.2) is 5.69 Å². The molecule has 2 N–H and O–H groups in total. The van der Waals surface area contributed by atoms with E-state index in [2.05, 4.69) is 94.6 Å². The molecule has 39 heavy (non-hydrogen) atoms. The second kappa shape index (κ2) is 11.7. The predicted molar refractivity (Wildman–Crippen MR) is 153 cm³/mol. The Labute approximate surface area is 229 Å². The number of amides is 1. The summed E-state index contributed by atoms with van der Waals surface area (Å²) in [6.07, 6.45) is 7.84. The van der Waals surface area contributed by atoms with Crippen molar-refractivity contribution in [1.82, 2.24) is 25.2 Å². The lowest BCUT2D eigenvalue weighted by molar-refractivity contribution is 0.0945. The first kappa shape index (κ1) is 26.4. The summed E-state index contributed by atoms with van der Waals surface area (Å²) in [7, 11) is 0. The lowest BCUT2D eigenvalue weighted by Crippen LogP contribution is -2.26. The Balaban J connectivity index is 1.28. The number of carbonyl (C=O) groups excluding carboxylic acids is 1. The van der Waals surface area contributed by atoms with Gasteiger partial charge in [0.2, 0.25) is 5.89 Å². The number of oxazole rings is 1. The van der Waals surface area contributed by atoms with Gasteiger partial charge in [0.05, 0.1) is 6.54 Å². The maximum Gasteiger partial charge on any atom is 0.273 e. The van der Waals surface area contributed by atoms with Crippen LogP contribution in [-0.2, 0) is 31.5 Å². The van der Waals surface area contributed by atoms with Crippen molar-refractivity contribution in [1.29, 1.82) is 0 Å². The number of aromatic amines is 1. The SMILES string of the molecule is CC(C)(C)c1ccc(CN(CCc2c[nH]c3ccccc23)Cc2nc(C(=O)NCc3cccnc3)co2)cc1. The Hall–Kier alpha value is -4.23. The van der Waals surface area contributed by atoms with Crippen LogP contribution in [0.15, 0.2) is 89.9 Å². The first-order valence-electron chi connectivity index (χ1n) is 13.3. The highest BCUT2D eigenvalue weighted by Crippen LogP contribution is 2.23. The van der Waals surface area contributed by atoms with Crippen LogP contribution in [0.2, 0.25) is 0 Å². The van der Waals surface area contributed by atoms with Crippen LogP contribution in [0, 0.1) is 0 Å². The number of hydrogen-bond donors (Lipinski definition) is 2. The lowest BCUT2D eigenvalue weighted by atomic mass is 9.87. The second-order valence-electron chi connectivity index (χ2n) is 10.9. The van der Waals surface area contributed by atoms with Crippen LogP contribution in [0.25, 0.3) is 10.9 Å². The summed E-state index contributed by atoms with van der Waals surface area (Å²) in [6.45, 7) is 9.12. The van der Waals surface area contributed by atoms with Gasteiger partial charge >= 0.3 is 0 Å². The third-order valence-corrected chi connectivity index (χ3v) is 6.92. The largest absolute Gasteiger partial charge is 0.447 e. The maximum atomic E-state index is 12.7. The number of para-hydroxylation sites is 1. The fourth-order valence-corrected chi connectivity index (χ4v) is 4.65. The molecule has 0 saturated carbocycles. The molecule has 3 aromatic heterocycles. The van der Waals surface area contributed by atoms with E-state index in [9.17, 15) is 4.79 Å². The van der Waals surface area contributed by atoms with Crippen molar-refractivity contribution in [2.75, 3.05) is 6.54 Å². The van der Waals surface area contributed by atoms with Gasteiger partial charge in [-0.05, 0) is 46.2 Å². The summed E-state index contributed by atoms with van der Waals surface area (Å²) < 4.78 is 5.74. The Kier molecular flexibility index (Phi) is 7.89. The highest BCUT2D eigenvalue weighted by atomic mass is 16.3. The molecule has 0 aliphatic carbocycles. The van der Waals surface area contributed by atoms with Gasteiger partial charge in [-0.3, -0.25) is 14.7 Å². The van der Waals surface area contributed by atoms with Crippen molar-refractivity contribution in [2.24, 2.45) is 0 Å². The normalized spacial score (nSPS) is 11.8. The fourth-order valence-electron chi connectivity index (χ4n) is 4.65. The zero-order valence-corrected chi connectivity index (χ0v) is 22.8. The Morgan fingerprint density at radius 1 is 1.00 bits per heavy atom.